The average molecular weight is 253 g/mol. The van der Waals surface area contributed by atoms with E-state index in [0.717, 1.165) is 0 Å². The molecular weight excluding hydrogens is 242 g/mol. The SMILES string of the molecule is COc1nn2ccccc2c1C(=O)c1cccnc1. The number of hydrogen-bond donors (Lipinski definition) is 0. The molecule has 0 aliphatic rings. The third-order valence-corrected chi connectivity index (χ3v) is 2.85. The molecule has 5 heteroatoms. The third kappa shape index (κ3) is 1.85. The molecule has 0 atom stereocenters. The number of aromatic nitrogens is 3. The van der Waals surface area contributed by atoms with Crippen LogP contribution in [-0.2, 0) is 0 Å². The summed E-state index contributed by atoms with van der Waals surface area (Å²) in [6.45, 7) is 0. The van der Waals surface area contributed by atoms with Crippen LogP contribution in [0.2, 0.25) is 0 Å². The molecule has 3 aromatic heterocycles. The molecule has 0 saturated carbocycles. The lowest BCUT2D eigenvalue weighted by Crippen LogP contribution is -2.03. The lowest BCUT2D eigenvalue weighted by Gasteiger charge is -2.01. The van der Waals surface area contributed by atoms with E-state index in [4.69, 9.17) is 4.74 Å². The summed E-state index contributed by atoms with van der Waals surface area (Å²) in [6, 6.07) is 8.99. The van der Waals surface area contributed by atoms with Crippen LogP contribution < -0.4 is 4.74 Å². The summed E-state index contributed by atoms with van der Waals surface area (Å²) in [7, 11) is 1.50. The van der Waals surface area contributed by atoms with E-state index in [1.165, 1.54) is 13.3 Å². The second-order valence-electron chi connectivity index (χ2n) is 3.99. The van der Waals surface area contributed by atoms with E-state index >= 15 is 0 Å². The highest BCUT2D eigenvalue weighted by atomic mass is 16.5. The van der Waals surface area contributed by atoms with Crippen molar-refractivity contribution in [2.75, 3.05) is 7.11 Å². The Balaban J connectivity index is 2.21. The van der Waals surface area contributed by atoms with Gasteiger partial charge in [0.05, 0.1) is 12.6 Å². The van der Waals surface area contributed by atoms with Gasteiger partial charge >= 0.3 is 0 Å². The highest BCUT2D eigenvalue weighted by molar-refractivity contribution is 6.14. The molecule has 0 saturated heterocycles. The topological polar surface area (TPSA) is 56.5 Å². The number of methoxy groups -OCH3 is 1. The first kappa shape index (κ1) is 11.4. The molecule has 3 heterocycles. The second kappa shape index (κ2) is 4.53. The quantitative estimate of drug-likeness (QED) is 0.670. The predicted molar refractivity (Wildman–Crippen MR) is 69.4 cm³/mol. The number of pyridine rings is 2. The third-order valence-electron chi connectivity index (χ3n) is 2.85. The van der Waals surface area contributed by atoms with Crippen LogP contribution in [0.4, 0.5) is 0 Å². The number of carbonyl (C=O) groups is 1. The Morgan fingerprint density at radius 3 is 2.89 bits per heavy atom. The van der Waals surface area contributed by atoms with Crippen molar-refractivity contribution < 1.29 is 9.53 Å². The van der Waals surface area contributed by atoms with Gasteiger partial charge < -0.3 is 4.74 Å². The number of fused-ring (bicyclic) bond motifs is 1. The van der Waals surface area contributed by atoms with E-state index < -0.39 is 0 Å². The van der Waals surface area contributed by atoms with Crippen LogP contribution in [-0.4, -0.2) is 27.5 Å². The van der Waals surface area contributed by atoms with Gasteiger partial charge in [-0.3, -0.25) is 9.78 Å². The zero-order chi connectivity index (χ0) is 13.2. The number of ether oxygens (including phenoxy) is 1. The fourth-order valence-electron chi connectivity index (χ4n) is 1.97. The molecule has 3 aromatic rings. The van der Waals surface area contributed by atoms with Crippen LogP contribution >= 0.6 is 0 Å². The largest absolute Gasteiger partial charge is 0.479 e. The zero-order valence-electron chi connectivity index (χ0n) is 10.3. The second-order valence-corrected chi connectivity index (χ2v) is 3.99. The van der Waals surface area contributed by atoms with Crippen molar-refractivity contribution in [1.29, 1.82) is 0 Å². The van der Waals surface area contributed by atoms with Crippen LogP contribution in [0.1, 0.15) is 15.9 Å². The van der Waals surface area contributed by atoms with Gasteiger partial charge in [0, 0.05) is 24.2 Å². The van der Waals surface area contributed by atoms with Gasteiger partial charge in [-0.2, -0.15) is 0 Å². The van der Waals surface area contributed by atoms with Gasteiger partial charge in [-0.05, 0) is 24.3 Å². The predicted octanol–water partition coefficient (Wildman–Crippen LogP) is 1.97. The molecule has 0 N–H and O–H groups in total. The maximum absolute atomic E-state index is 12.5. The first-order chi connectivity index (χ1) is 9.31. The summed E-state index contributed by atoms with van der Waals surface area (Å²) in [5.74, 6) is 0.172. The Morgan fingerprint density at radius 1 is 1.26 bits per heavy atom. The van der Waals surface area contributed by atoms with E-state index in [1.807, 2.05) is 18.2 Å². The molecule has 0 fully saturated rings. The van der Waals surface area contributed by atoms with Crippen LogP contribution in [0.15, 0.2) is 48.9 Å². The molecule has 0 aliphatic heterocycles. The summed E-state index contributed by atoms with van der Waals surface area (Å²) >= 11 is 0. The number of carbonyl (C=O) groups excluding carboxylic acids is 1. The molecule has 0 radical (unpaired) electrons. The van der Waals surface area contributed by atoms with E-state index in [2.05, 4.69) is 10.1 Å². The molecule has 0 amide bonds. The highest BCUT2D eigenvalue weighted by Gasteiger charge is 2.21. The van der Waals surface area contributed by atoms with Gasteiger partial charge in [-0.15, -0.1) is 5.10 Å². The molecule has 3 rings (SSSR count). The maximum Gasteiger partial charge on any atom is 0.244 e. The van der Waals surface area contributed by atoms with Gasteiger partial charge in [0.1, 0.15) is 5.56 Å². The highest BCUT2D eigenvalue weighted by Crippen LogP contribution is 2.24. The fourth-order valence-corrected chi connectivity index (χ4v) is 1.97. The Labute approximate surface area is 109 Å². The van der Waals surface area contributed by atoms with Crippen molar-refractivity contribution >= 4 is 11.3 Å². The standard InChI is InChI=1S/C14H11N3O2/c1-19-14-12(11-6-2-3-8-17(11)16-14)13(18)10-5-4-7-15-9-10/h2-9H,1H3. The Morgan fingerprint density at radius 2 is 2.16 bits per heavy atom. The Kier molecular flexibility index (Phi) is 2.72. The van der Waals surface area contributed by atoms with Gasteiger partial charge in [0.25, 0.3) is 0 Å². The van der Waals surface area contributed by atoms with Gasteiger partial charge in [-0.25, -0.2) is 4.52 Å². The van der Waals surface area contributed by atoms with E-state index in [0.29, 0.717) is 22.5 Å². The van der Waals surface area contributed by atoms with E-state index in [-0.39, 0.29) is 5.78 Å². The molecule has 19 heavy (non-hydrogen) atoms. The number of rotatable bonds is 3. The Bertz CT molecular complexity index is 735. The summed E-state index contributed by atoms with van der Waals surface area (Å²) in [5, 5.41) is 4.23. The molecule has 0 aliphatic carbocycles. The number of nitrogens with zero attached hydrogens (tertiary/aromatic N) is 3. The molecule has 0 bridgehead atoms. The van der Waals surface area contributed by atoms with Crippen molar-refractivity contribution in [1.82, 2.24) is 14.6 Å². The average Bonchev–Trinajstić information content (AvgIpc) is 2.86. The smallest absolute Gasteiger partial charge is 0.244 e. The number of ketones is 1. The minimum atomic E-state index is -0.147. The van der Waals surface area contributed by atoms with Crippen LogP contribution in [0.25, 0.3) is 5.52 Å². The zero-order valence-corrected chi connectivity index (χ0v) is 10.3. The molecular formula is C14H11N3O2. The first-order valence-electron chi connectivity index (χ1n) is 5.77. The lowest BCUT2D eigenvalue weighted by molar-refractivity contribution is 0.103. The number of hydrogen-bond acceptors (Lipinski definition) is 4. The van der Waals surface area contributed by atoms with Crippen LogP contribution in [0, 0.1) is 0 Å². The monoisotopic (exact) mass is 253 g/mol. The van der Waals surface area contributed by atoms with Gasteiger partial charge in [0.15, 0.2) is 0 Å². The van der Waals surface area contributed by atoms with Crippen LogP contribution in [0.3, 0.4) is 0 Å². The normalized spacial score (nSPS) is 10.6. The molecule has 5 nitrogen and oxygen atoms in total. The fraction of sp³-hybridized carbons (Fsp3) is 0.0714. The minimum absolute atomic E-state index is 0.147. The van der Waals surface area contributed by atoms with E-state index in [9.17, 15) is 4.79 Å². The van der Waals surface area contributed by atoms with Crippen molar-refractivity contribution in [3.05, 3.63) is 60.0 Å². The summed E-state index contributed by atoms with van der Waals surface area (Å²) in [6.07, 6.45) is 4.94. The van der Waals surface area contributed by atoms with Crippen molar-refractivity contribution in [2.24, 2.45) is 0 Å². The Hall–Kier alpha value is -2.69. The summed E-state index contributed by atoms with van der Waals surface area (Å²) < 4.78 is 6.83. The molecule has 0 spiro atoms. The summed E-state index contributed by atoms with van der Waals surface area (Å²) in [4.78, 5) is 16.5. The lowest BCUT2D eigenvalue weighted by atomic mass is 10.1. The van der Waals surface area contributed by atoms with Crippen molar-refractivity contribution in [3.8, 4) is 5.88 Å². The minimum Gasteiger partial charge on any atom is -0.479 e. The first-order valence-corrected chi connectivity index (χ1v) is 5.77. The van der Waals surface area contributed by atoms with Gasteiger partial charge in [-0.1, -0.05) is 6.07 Å². The molecule has 94 valence electrons. The summed E-state index contributed by atoms with van der Waals surface area (Å²) in [5.41, 5.74) is 1.68. The van der Waals surface area contributed by atoms with Gasteiger partial charge in [0.2, 0.25) is 11.7 Å². The van der Waals surface area contributed by atoms with Crippen molar-refractivity contribution in [3.63, 3.8) is 0 Å². The van der Waals surface area contributed by atoms with Crippen molar-refractivity contribution in [2.45, 2.75) is 0 Å². The molecule has 0 unspecified atom stereocenters. The van der Waals surface area contributed by atoms with Crippen LogP contribution in [0.5, 0.6) is 5.88 Å². The maximum atomic E-state index is 12.5. The van der Waals surface area contributed by atoms with E-state index in [1.54, 1.807) is 29.0 Å². The molecule has 0 aromatic carbocycles.